The molecule has 2 aliphatic heterocycles. The van der Waals surface area contributed by atoms with Gasteiger partial charge in [-0.2, -0.15) is 4.80 Å². The highest BCUT2D eigenvalue weighted by atomic mass is 35.5. The predicted molar refractivity (Wildman–Crippen MR) is 115 cm³/mol. The van der Waals surface area contributed by atoms with Crippen LogP contribution in [0.2, 0.25) is 5.02 Å². The summed E-state index contributed by atoms with van der Waals surface area (Å²) in [6, 6.07) is 12.3. The summed E-state index contributed by atoms with van der Waals surface area (Å²) in [5.74, 6) is 1.15. The number of carbonyl (C=O) groups is 1. The summed E-state index contributed by atoms with van der Waals surface area (Å²) in [6.45, 7) is 0.0222. The average Bonchev–Trinajstić information content (AvgIpc) is 3.48. The third kappa shape index (κ3) is 3.70. The van der Waals surface area contributed by atoms with E-state index in [9.17, 15) is 9.59 Å². The largest absolute Gasteiger partial charge is 0.493 e. The van der Waals surface area contributed by atoms with Gasteiger partial charge in [-0.3, -0.25) is 19.3 Å². The SMILES string of the molecule is COc1cc(-n2cc3[nH]n(-c4ccc(Cl)cc4)nc-3c2=O)ccc1OCC(=O)C1CC1. The lowest BCUT2D eigenvalue weighted by molar-refractivity contribution is -0.122. The van der Waals surface area contributed by atoms with Gasteiger partial charge in [-0.05, 0) is 49.2 Å². The van der Waals surface area contributed by atoms with Gasteiger partial charge < -0.3 is 9.47 Å². The van der Waals surface area contributed by atoms with Gasteiger partial charge >= 0.3 is 0 Å². The number of Topliss-reactive ketones (excluding diaryl/α,β-unsaturated/α-hetero) is 1. The number of benzene rings is 2. The van der Waals surface area contributed by atoms with Crippen LogP contribution in [-0.2, 0) is 4.79 Å². The molecule has 8 nitrogen and oxygen atoms in total. The Hall–Kier alpha value is -3.52. The minimum atomic E-state index is -0.265. The van der Waals surface area contributed by atoms with Crippen molar-refractivity contribution in [3.05, 3.63) is 64.0 Å². The maximum Gasteiger partial charge on any atom is 0.285 e. The van der Waals surface area contributed by atoms with Crippen LogP contribution in [0.25, 0.3) is 22.8 Å². The van der Waals surface area contributed by atoms with Crippen molar-refractivity contribution in [2.24, 2.45) is 5.92 Å². The first-order valence-corrected chi connectivity index (χ1v) is 10.2. The maximum atomic E-state index is 12.9. The molecular formula is C22H19ClN4O4. The number of halogens is 1. The van der Waals surface area contributed by atoms with E-state index in [1.807, 2.05) is 0 Å². The molecular weight excluding hydrogens is 420 g/mol. The third-order valence-corrected chi connectivity index (χ3v) is 5.51. The van der Waals surface area contributed by atoms with E-state index in [4.69, 9.17) is 21.1 Å². The van der Waals surface area contributed by atoms with Crippen LogP contribution in [-0.4, -0.2) is 39.1 Å². The van der Waals surface area contributed by atoms with Gasteiger partial charge in [-0.15, -0.1) is 5.10 Å². The Labute approximate surface area is 182 Å². The molecule has 158 valence electrons. The van der Waals surface area contributed by atoms with Gasteiger partial charge in [-0.25, -0.2) is 0 Å². The summed E-state index contributed by atoms with van der Waals surface area (Å²) < 4.78 is 12.5. The molecule has 2 aromatic rings. The molecule has 1 saturated carbocycles. The monoisotopic (exact) mass is 438 g/mol. The lowest BCUT2D eigenvalue weighted by atomic mass is 10.2. The van der Waals surface area contributed by atoms with Crippen molar-refractivity contribution in [1.29, 1.82) is 0 Å². The van der Waals surface area contributed by atoms with Gasteiger partial charge in [0.05, 0.1) is 18.5 Å². The smallest absolute Gasteiger partial charge is 0.285 e. The molecule has 3 aliphatic rings. The average molecular weight is 439 g/mol. The fraction of sp³-hybridized carbons (Fsp3) is 0.227. The normalized spacial score (nSPS) is 13.5. The second kappa shape index (κ2) is 7.63. The molecule has 0 unspecified atom stereocenters. The first-order valence-electron chi connectivity index (χ1n) is 9.84. The zero-order valence-corrected chi connectivity index (χ0v) is 17.4. The highest BCUT2D eigenvalue weighted by molar-refractivity contribution is 6.30. The highest BCUT2D eigenvalue weighted by Gasteiger charge is 2.29. The van der Waals surface area contributed by atoms with Gasteiger partial charge in [0, 0.05) is 23.2 Å². The number of hydrogen-bond donors (Lipinski definition) is 1. The van der Waals surface area contributed by atoms with Crippen LogP contribution in [0, 0.1) is 5.92 Å². The molecule has 1 N–H and O–H groups in total. The zero-order chi connectivity index (χ0) is 21.5. The number of ketones is 1. The van der Waals surface area contributed by atoms with Crippen molar-refractivity contribution in [3.63, 3.8) is 0 Å². The van der Waals surface area contributed by atoms with Gasteiger partial charge in [0.15, 0.2) is 23.0 Å². The first kappa shape index (κ1) is 19.4. The molecule has 0 radical (unpaired) electrons. The second-order valence-electron chi connectivity index (χ2n) is 7.43. The summed E-state index contributed by atoms with van der Waals surface area (Å²) in [7, 11) is 1.52. The molecule has 1 aliphatic carbocycles. The Balaban J connectivity index is 1.43. The lowest BCUT2D eigenvalue weighted by Crippen LogP contribution is -2.15. The van der Waals surface area contributed by atoms with Gasteiger partial charge in [-0.1, -0.05) is 11.6 Å². The number of fused-ring (bicyclic) bond motifs is 1. The van der Waals surface area contributed by atoms with Crippen LogP contribution in [0.3, 0.4) is 0 Å². The van der Waals surface area contributed by atoms with Crippen LogP contribution >= 0.6 is 11.6 Å². The molecule has 0 spiro atoms. The van der Waals surface area contributed by atoms with Gasteiger partial charge in [0.25, 0.3) is 5.56 Å². The minimum Gasteiger partial charge on any atom is -0.493 e. The fourth-order valence-electron chi connectivity index (χ4n) is 3.39. The van der Waals surface area contributed by atoms with Crippen molar-refractivity contribution in [2.75, 3.05) is 13.7 Å². The maximum absolute atomic E-state index is 12.9. The van der Waals surface area contributed by atoms with Crippen LogP contribution in [0.4, 0.5) is 0 Å². The highest BCUT2D eigenvalue weighted by Crippen LogP contribution is 2.32. The Morgan fingerprint density at radius 3 is 2.58 bits per heavy atom. The molecule has 0 saturated heterocycles. The van der Waals surface area contributed by atoms with Crippen molar-refractivity contribution in [3.8, 4) is 34.3 Å². The van der Waals surface area contributed by atoms with E-state index in [2.05, 4.69) is 10.2 Å². The topological polar surface area (TPSA) is 91.1 Å². The van der Waals surface area contributed by atoms with Crippen LogP contribution in [0.15, 0.2) is 53.5 Å². The molecule has 2 heterocycles. The molecule has 0 aromatic heterocycles. The standard InChI is InChI=1S/C22H19ClN4O4/c1-30-20-10-16(8-9-19(20)31-12-18(28)13-2-3-13)26-11-17-21(22(26)29)25-27(24-17)15-6-4-14(23)5-7-15/h4-11,13,24H,2-3,12H2,1H3. The quantitative estimate of drug-likeness (QED) is 0.477. The number of nitrogens with one attached hydrogen (secondary N) is 1. The molecule has 0 atom stereocenters. The van der Waals surface area contributed by atoms with Crippen molar-refractivity contribution >= 4 is 17.4 Å². The van der Waals surface area contributed by atoms with Crippen LogP contribution in [0.5, 0.6) is 11.5 Å². The van der Waals surface area contributed by atoms with E-state index >= 15 is 0 Å². The summed E-state index contributed by atoms with van der Waals surface area (Å²) in [6.07, 6.45) is 3.57. The van der Waals surface area contributed by atoms with Crippen LogP contribution in [0.1, 0.15) is 12.8 Å². The van der Waals surface area contributed by atoms with E-state index in [-0.39, 0.29) is 23.9 Å². The number of methoxy groups -OCH3 is 1. The van der Waals surface area contributed by atoms with E-state index in [0.717, 1.165) is 18.5 Å². The Morgan fingerprint density at radius 2 is 1.90 bits per heavy atom. The molecule has 2 aromatic carbocycles. The number of ether oxygens (including phenoxy) is 2. The number of carbonyl (C=O) groups excluding carboxylic acids is 1. The minimum absolute atomic E-state index is 0.0222. The molecule has 0 amide bonds. The van der Waals surface area contributed by atoms with Crippen molar-refractivity contribution in [2.45, 2.75) is 12.8 Å². The number of rotatable bonds is 7. The van der Waals surface area contributed by atoms with E-state index in [1.165, 1.54) is 16.5 Å². The molecule has 9 heteroatoms. The van der Waals surface area contributed by atoms with Gasteiger partial charge in [0.1, 0.15) is 12.3 Å². The number of H-pyrrole nitrogens is 1. The summed E-state index contributed by atoms with van der Waals surface area (Å²) in [5.41, 5.74) is 2.00. The van der Waals surface area contributed by atoms with E-state index in [1.54, 1.807) is 48.7 Å². The molecule has 5 rings (SSSR count). The number of aromatic amines is 1. The molecule has 31 heavy (non-hydrogen) atoms. The number of hydrogen-bond acceptors (Lipinski definition) is 5. The first-order chi connectivity index (χ1) is 15.0. The van der Waals surface area contributed by atoms with Crippen molar-refractivity contribution in [1.82, 2.24) is 19.6 Å². The van der Waals surface area contributed by atoms with Crippen molar-refractivity contribution < 1.29 is 14.3 Å². The Morgan fingerprint density at radius 1 is 1.16 bits per heavy atom. The number of nitrogens with zero attached hydrogens (tertiary/aromatic N) is 3. The van der Waals surface area contributed by atoms with Crippen LogP contribution < -0.4 is 15.0 Å². The Kier molecular flexibility index (Phi) is 4.78. The fourth-order valence-corrected chi connectivity index (χ4v) is 3.52. The van der Waals surface area contributed by atoms with E-state index in [0.29, 0.717) is 33.6 Å². The molecule has 0 bridgehead atoms. The summed E-state index contributed by atoms with van der Waals surface area (Å²) in [4.78, 5) is 26.4. The summed E-state index contributed by atoms with van der Waals surface area (Å²) >= 11 is 5.93. The second-order valence-corrected chi connectivity index (χ2v) is 7.87. The third-order valence-electron chi connectivity index (χ3n) is 5.26. The molecule has 1 fully saturated rings. The number of aromatic nitrogens is 4. The van der Waals surface area contributed by atoms with E-state index < -0.39 is 0 Å². The predicted octanol–water partition coefficient (Wildman–Crippen LogP) is 3.48. The lowest BCUT2D eigenvalue weighted by Gasteiger charge is -2.12. The van der Waals surface area contributed by atoms with Gasteiger partial charge in [0.2, 0.25) is 0 Å². The Bertz CT molecular complexity index is 1280. The zero-order valence-electron chi connectivity index (χ0n) is 16.7. The summed E-state index contributed by atoms with van der Waals surface area (Å²) in [5, 5.41) is 8.10.